The summed E-state index contributed by atoms with van der Waals surface area (Å²) < 4.78 is 5.57. The highest BCUT2D eigenvalue weighted by atomic mass is 32.1. The van der Waals surface area contributed by atoms with Crippen molar-refractivity contribution in [2.24, 2.45) is 11.0 Å². The second kappa shape index (κ2) is 8.86. The van der Waals surface area contributed by atoms with E-state index in [2.05, 4.69) is 41.8 Å². The molecule has 1 aliphatic rings. The molecule has 0 aromatic heterocycles. The van der Waals surface area contributed by atoms with E-state index in [0.29, 0.717) is 11.0 Å². The molecule has 2 N–H and O–H groups in total. The van der Waals surface area contributed by atoms with Gasteiger partial charge in [0, 0.05) is 13.2 Å². The van der Waals surface area contributed by atoms with Crippen molar-refractivity contribution in [1.82, 2.24) is 10.7 Å². The van der Waals surface area contributed by atoms with Crippen LogP contribution in [0.1, 0.15) is 38.7 Å². The Morgan fingerprint density at radius 3 is 2.77 bits per heavy atom. The highest BCUT2D eigenvalue weighted by molar-refractivity contribution is 7.80. The molecule has 0 radical (unpaired) electrons. The van der Waals surface area contributed by atoms with Gasteiger partial charge >= 0.3 is 0 Å². The molecular formula is C17H25N3OS. The smallest absolute Gasteiger partial charge is 0.187 e. The van der Waals surface area contributed by atoms with Crippen molar-refractivity contribution in [2.75, 3.05) is 13.2 Å². The van der Waals surface area contributed by atoms with E-state index < -0.39 is 0 Å². The second-order valence-corrected chi connectivity index (χ2v) is 6.39. The molecule has 0 amide bonds. The lowest BCUT2D eigenvalue weighted by Gasteiger charge is -2.14. The van der Waals surface area contributed by atoms with E-state index >= 15 is 0 Å². The first-order chi connectivity index (χ1) is 10.6. The zero-order valence-corrected chi connectivity index (χ0v) is 14.2. The summed E-state index contributed by atoms with van der Waals surface area (Å²) in [5, 5.41) is 8.22. The van der Waals surface area contributed by atoms with Crippen LogP contribution in [0.4, 0.5) is 0 Å². The minimum absolute atomic E-state index is 0.271. The zero-order valence-electron chi connectivity index (χ0n) is 13.3. The molecule has 1 heterocycles. The highest BCUT2D eigenvalue weighted by Crippen LogP contribution is 2.11. The van der Waals surface area contributed by atoms with Crippen molar-refractivity contribution in [3.8, 4) is 0 Å². The van der Waals surface area contributed by atoms with Crippen LogP contribution >= 0.6 is 12.2 Å². The van der Waals surface area contributed by atoms with E-state index in [4.69, 9.17) is 17.0 Å². The third kappa shape index (κ3) is 5.73. The largest absolute Gasteiger partial charge is 0.376 e. The van der Waals surface area contributed by atoms with Gasteiger partial charge < -0.3 is 10.1 Å². The Hall–Kier alpha value is -1.46. The van der Waals surface area contributed by atoms with Crippen LogP contribution in [0, 0.1) is 5.92 Å². The molecule has 1 saturated heterocycles. The molecule has 4 nitrogen and oxygen atoms in total. The van der Waals surface area contributed by atoms with Crippen LogP contribution in [0.15, 0.2) is 35.4 Å². The lowest BCUT2D eigenvalue weighted by molar-refractivity contribution is 0.114. The quantitative estimate of drug-likeness (QED) is 0.480. The first-order valence-electron chi connectivity index (χ1n) is 7.92. The number of ether oxygens (including phenoxy) is 1. The summed E-state index contributed by atoms with van der Waals surface area (Å²) in [5.74, 6) is 0.536. The van der Waals surface area contributed by atoms with Gasteiger partial charge in [0.1, 0.15) is 0 Å². The zero-order chi connectivity index (χ0) is 15.8. The fourth-order valence-electron chi connectivity index (χ4n) is 2.41. The molecule has 120 valence electrons. The molecule has 0 saturated carbocycles. The van der Waals surface area contributed by atoms with E-state index in [-0.39, 0.29) is 6.10 Å². The van der Waals surface area contributed by atoms with Crippen LogP contribution in [-0.4, -0.2) is 30.1 Å². The molecule has 1 atom stereocenters. The number of rotatable bonds is 6. The standard InChI is InChI=1S/C17H25N3OS/c1-13(2)11-16(14-7-4-3-5-8-14)19-20-17(22)18-12-15-9-6-10-21-15/h3-5,7-8,13,15H,6,9-12H2,1-2H3,(H2,18,20,22)/b19-16-/t15-/m0/s1. The molecule has 2 rings (SSSR count). The molecule has 0 unspecified atom stereocenters. The summed E-state index contributed by atoms with van der Waals surface area (Å²) in [7, 11) is 0. The first-order valence-corrected chi connectivity index (χ1v) is 8.33. The number of nitrogens with zero attached hydrogens (tertiary/aromatic N) is 1. The minimum Gasteiger partial charge on any atom is -0.376 e. The van der Waals surface area contributed by atoms with Crippen molar-refractivity contribution < 1.29 is 4.74 Å². The Morgan fingerprint density at radius 1 is 1.36 bits per heavy atom. The molecule has 0 bridgehead atoms. The molecular weight excluding hydrogens is 294 g/mol. The maximum atomic E-state index is 5.57. The van der Waals surface area contributed by atoms with E-state index in [1.54, 1.807) is 0 Å². The minimum atomic E-state index is 0.271. The van der Waals surface area contributed by atoms with Gasteiger partial charge in [-0.25, -0.2) is 0 Å². The van der Waals surface area contributed by atoms with Crippen LogP contribution in [0.2, 0.25) is 0 Å². The van der Waals surface area contributed by atoms with Gasteiger partial charge in [-0.1, -0.05) is 44.2 Å². The van der Waals surface area contributed by atoms with Crippen LogP contribution in [0.25, 0.3) is 0 Å². The van der Waals surface area contributed by atoms with Gasteiger partial charge in [-0.15, -0.1) is 0 Å². The topological polar surface area (TPSA) is 45.7 Å². The first kappa shape index (κ1) is 16.9. The third-order valence-electron chi connectivity index (χ3n) is 3.52. The summed E-state index contributed by atoms with van der Waals surface area (Å²) in [4.78, 5) is 0. The van der Waals surface area contributed by atoms with Crippen molar-refractivity contribution in [3.05, 3.63) is 35.9 Å². The molecule has 0 aliphatic carbocycles. The number of nitrogens with one attached hydrogen (secondary N) is 2. The van der Waals surface area contributed by atoms with Gasteiger partial charge in [0.2, 0.25) is 0 Å². The molecule has 1 aromatic carbocycles. The normalized spacial score (nSPS) is 18.5. The Bertz CT molecular complexity index is 496. The molecule has 5 heteroatoms. The average molecular weight is 319 g/mol. The van der Waals surface area contributed by atoms with Crippen molar-refractivity contribution in [1.29, 1.82) is 0 Å². The van der Waals surface area contributed by atoms with Gasteiger partial charge in [-0.3, -0.25) is 5.43 Å². The van der Waals surface area contributed by atoms with Gasteiger partial charge in [-0.05, 0) is 43.0 Å². The summed E-state index contributed by atoms with van der Waals surface area (Å²) in [5.41, 5.74) is 5.12. The summed E-state index contributed by atoms with van der Waals surface area (Å²) in [6, 6.07) is 10.2. The number of benzene rings is 1. The summed E-state index contributed by atoms with van der Waals surface area (Å²) in [6.45, 7) is 5.97. The molecule has 0 spiro atoms. The monoisotopic (exact) mass is 319 g/mol. The maximum Gasteiger partial charge on any atom is 0.187 e. The SMILES string of the molecule is CC(C)C/C(=N/NC(=S)NC[C@@H]1CCCO1)c1ccccc1. The number of hydrogen-bond acceptors (Lipinski definition) is 3. The van der Waals surface area contributed by atoms with E-state index in [1.807, 2.05) is 18.2 Å². The van der Waals surface area contributed by atoms with Crippen molar-refractivity contribution >= 4 is 23.0 Å². The Labute approximate surface area is 138 Å². The highest BCUT2D eigenvalue weighted by Gasteiger charge is 2.15. The van der Waals surface area contributed by atoms with Gasteiger partial charge in [0.25, 0.3) is 0 Å². The Morgan fingerprint density at radius 2 is 2.14 bits per heavy atom. The lowest BCUT2D eigenvalue weighted by Crippen LogP contribution is -2.37. The Kier molecular flexibility index (Phi) is 6.80. The molecule has 1 aromatic rings. The fraction of sp³-hybridized carbons (Fsp3) is 0.529. The van der Waals surface area contributed by atoms with Crippen LogP contribution in [0.3, 0.4) is 0 Å². The molecule has 1 aliphatic heterocycles. The summed E-state index contributed by atoms with van der Waals surface area (Å²) >= 11 is 5.29. The predicted molar refractivity (Wildman–Crippen MR) is 95.1 cm³/mol. The lowest BCUT2D eigenvalue weighted by atomic mass is 10.0. The van der Waals surface area contributed by atoms with E-state index in [1.165, 1.54) is 0 Å². The van der Waals surface area contributed by atoms with Gasteiger partial charge in [-0.2, -0.15) is 5.10 Å². The molecule has 22 heavy (non-hydrogen) atoms. The molecule has 1 fully saturated rings. The maximum absolute atomic E-state index is 5.57. The van der Waals surface area contributed by atoms with Crippen LogP contribution in [0.5, 0.6) is 0 Å². The van der Waals surface area contributed by atoms with E-state index in [0.717, 1.165) is 43.7 Å². The number of hydrazone groups is 1. The van der Waals surface area contributed by atoms with Crippen LogP contribution < -0.4 is 10.7 Å². The van der Waals surface area contributed by atoms with Crippen molar-refractivity contribution in [2.45, 2.75) is 39.2 Å². The van der Waals surface area contributed by atoms with Crippen LogP contribution in [-0.2, 0) is 4.74 Å². The predicted octanol–water partition coefficient (Wildman–Crippen LogP) is 3.08. The summed E-state index contributed by atoms with van der Waals surface area (Å²) in [6.07, 6.45) is 3.41. The van der Waals surface area contributed by atoms with Crippen molar-refractivity contribution in [3.63, 3.8) is 0 Å². The number of hydrogen-bond donors (Lipinski definition) is 2. The third-order valence-corrected chi connectivity index (χ3v) is 3.75. The fourth-order valence-corrected chi connectivity index (χ4v) is 2.54. The number of thiocarbonyl (C=S) groups is 1. The average Bonchev–Trinajstić information content (AvgIpc) is 3.03. The Balaban J connectivity index is 1.89. The second-order valence-electron chi connectivity index (χ2n) is 5.98. The van der Waals surface area contributed by atoms with Gasteiger partial charge in [0.15, 0.2) is 5.11 Å². The van der Waals surface area contributed by atoms with Gasteiger partial charge in [0.05, 0.1) is 11.8 Å². The van der Waals surface area contributed by atoms with E-state index in [9.17, 15) is 0 Å².